The minimum absolute atomic E-state index is 0.468. The van der Waals surface area contributed by atoms with Gasteiger partial charge in [0, 0.05) is 31.9 Å². The largest absolute Gasteiger partial charge is 0.378 e. The molecule has 1 N–H and O–H groups in total. The summed E-state index contributed by atoms with van der Waals surface area (Å²) in [7, 11) is 0. The highest BCUT2D eigenvalue weighted by molar-refractivity contribution is 5.01. The maximum Gasteiger partial charge on any atom is 0.0765 e. The van der Waals surface area contributed by atoms with Gasteiger partial charge in [-0.2, -0.15) is 5.10 Å². The number of rotatable bonds is 6. The normalized spacial score (nSPS) is 24.7. The summed E-state index contributed by atoms with van der Waals surface area (Å²) in [6.07, 6.45) is 7.47. The van der Waals surface area contributed by atoms with Crippen molar-refractivity contribution in [1.82, 2.24) is 20.0 Å². The Morgan fingerprint density at radius 2 is 2.24 bits per heavy atom. The number of nitrogens with zero attached hydrogens (tertiary/aromatic N) is 3. The van der Waals surface area contributed by atoms with Gasteiger partial charge >= 0.3 is 0 Å². The van der Waals surface area contributed by atoms with Gasteiger partial charge in [0.2, 0.25) is 0 Å². The van der Waals surface area contributed by atoms with E-state index < -0.39 is 0 Å². The van der Waals surface area contributed by atoms with Gasteiger partial charge in [0.05, 0.1) is 24.9 Å². The molecule has 5 heteroatoms. The first-order valence-electron chi connectivity index (χ1n) is 8.43. The zero-order valence-electron chi connectivity index (χ0n) is 13.1. The van der Waals surface area contributed by atoms with Gasteiger partial charge in [0.25, 0.3) is 0 Å². The summed E-state index contributed by atoms with van der Waals surface area (Å²) in [6.45, 7) is 7.78. The molecule has 1 aliphatic carbocycles. The van der Waals surface area contributed by atoms with Crippen LogP contribution in [0.15, 0.2) is 12.3 Å². The standard InChI is InChI=1S/C16H28N4O/c1-2-17-11-16-13-21-10-9-19(16)12-14-7-8-20(18-14)15-5-3-4-6-15/h7-8,15-17H,2-6,9-13H2,1H3. The van der Waals surface area contributed by atoms with Crippen molar-refractivity contribution in [3.8, 4) is 0 Å². The zero-order chi connectivity index (χ0) is 14.5. The maximum atomic E-state index is 5.63. The Morgan fingerprint density at radius 1 is 1.38 bits per heavy atom. The summed E-state index contributed by atoms with van der Waals surface area (Å²) in [5.74, 6) is 0. The fourth-order valence-electron chi connectivity index (χ4n) is 3.44. The summed E-state index contributed by atoms with van der Waals surface area (Å²) in [4.78, 5) is 2.51. The first-order valence-corrected chi connectivity index (χ1v) is 8.43. The molecule has 0 bridgehead atoms. The summed E-state index contributed by atoms with van der Waals surface area (Å²) in [5, 5.41) is 8.25. The van der Waals surface area contributed by atoms with Gasteiger partial charge in [0.1, 0.15) is 0 Å². The predicted octanol–water partition coefficient (Wildman–Crippen LogP) is 1.81. The maximum absolute atomic E-state index is 5.63. The van der Waals surface area contributed by atoms with Crippen LogP contribution in [-0.4, -0.2) is 53.6 Å². The highest BCUT2D eigenvalue weighted by atomic mass is 16.5. The smallest absolute Gasteiger partial charge is 0.0765 e. The second kappa shape index (κ2) is 7.38. The quantitative estimate of drug-likeness (QED) is 0.868. The van der Waals surface area contributed by atoms with E-state index >= 15 is 0 Å². The highest BCUT2D eigenvalue weighted by Crippen LogP contribution is 2.28. The van der Waals surface area contributed by atoms with Crippen molar-refractivity contribution >= 4 is 0 Å². The molecule has 118 valence electrons. The molecule has 3 rings (SSSR count). The van der Waals surface area contributed by atoms with Crippen molar-refractivity contribution in [2.75, 3.05) is 32.8 Å². The van der Waals surface area contributed by atoms with Crippen molar-refractivity contribution in [2.45, 2.75) is 51.2 Å². The lowest BCUT2D eigenvalue weighted by molar-refractivity contribution is -0.0113. The Morgan fingerprint density at radius 3 is 3.05 bits per heavy atom. The third-order valence-corrected chi connectivity index (χ3v) is 4.71. The number of morpholine rings is 1. The van der Waals surface area contributed by atoms with Gasteiger partial charge < -0.3 is 10.1 Å². The minimum atomic E-state index is 0.468. The van der Waals surface area contributed by atoms with Crippen LogP contribution in [0.3, 0.4) is 0 Å². The molecule has 21 heavy (non-hydrogen) atoms. The van der Waals surface area contributed by atoms with Crippen LogP contribution < -0.4 is 5.32 Å². The van der Waals surface area contributed by atoms with E-state index in [1.54, 1.807) is 0 Å². The molecule has 1 saturated carbocycles. The Hall–Kier alpha value is -0.910. The molecule has 2 heterocycles. The second-order valence-corrected chi connectivity index (χ2v) is 6.23. The van der Waals surface area contributed by atoms with Gasteiger partial charge in [-0.1, -0.05) is 19.8 Å². The lowest BCUT2D eigenvalue weighted by Gasteiger charge is -2.35. The van der Waals surface area contributed by atoms with Crippen LogP contribution in [0.1, 0.15) is 44.3 Å². The van der Waals surface area contributed by atoms with Crippen LogP contribution in [-0.2, 0) is 11.3 Å². The van der Waals surface area contributed by atoms with Gasteiger partial charge in [-0.25, -0.2) is 0 Å². The molecule has 0 spiro atoms. The number of nitrogens with one attached hydrogen (secondary N) is 1. The number of hydrogen-bond acceptors (Lipinski definition) is 4. The molecule has 1 saturated heterocycles. The summed E-state index contributed by atoms with van der Waals surface area (Å²) >= 11 is 0. The molecule has 2 aliphatic rings. The molecular weight excluding hydrogens is 264 g/mol. The molecular formula is C16H28N4O. The first kappa shape index (κ1) is 15.0. The number of likely N-dealkylation sites (N-methyl/N-ethyl adjacent to an activating group) is 1. The van der Waals surface area contributed by atoms with E-state index in [0.717, 1.165) is 39.4 Å². The highest BCUT2D eigenvalue weighted by Gasteiger charge is 2.24. The fraction of sp³-hybridized carbons (Fsp3) is 0.812. The van der Waals surface area contributed by atoms with E-state index in [2.05, 4.69) is 34.1 Å². The van der Waals surface area contributed by atoms with Crippen molar-refractivity contribution in [3.63, 3.8) is 0 Å². The lowest BCUT2D eigenvalue weighted by Crippen LogP contribution is -2.49. The molecule has 0 amide bonds. The van der Waals surface area contributed by atoms with Gasteiger partial charge in [-0.15, -0.1) is 0 Å². The van der Waals surface area contributed by atoms with Crippen LogP contribution in [0.2, 0.25) is 0 Å². The van der Waals surface area contributed by atoms with Crippen molar-refractivity contribution in [3.05, 3.63) is 18.0 Å². The molecule has 5 nitrogen and oxygen atoms in total. The Labute approximate surface area is 127 Å². The predicted molar refractivity (Wildman–Crippen MR) is 83.3 cm³/mol. The topological polar surface area (TPSA) is 42.3 Å². The van der Waals surface area contributed by atoms with Crippen LogP contribution in [0.5, 0.6) is 0 Å². The molecule has 0 radical (unpaired) electrons. The monoisotopic (exact) mass is 292 g/mol. The SMILES string of the molecule is CCNCC1COCCN1Cc1ccn(C2CCCC2)n1. The molecule has 1 atom stereocenters. The number of aromatic nitrogens is 2. The second-order valence-electron chi connectivity index (χ2n) is 6.23. The molecule has 0 aromatic carbocycles. The third-order valence-electron chi connectivity index (χ3n) is 4.71. The third kappa shape index (κ3) is 3.84. The van der Waals surface area contributed by atoms with Crippen LogP contribution in [0.4, 0.5) is 0 Å². The first-order chi connectivity index (χ1) is 10.4. The Bertz CT molecular complexity index is 428. The Balaban J connectivity index is 1.58. The van der Waals surface area contributed by atoms with Gasteiger partial charge in [-0.05, 0) is 25.5 Å². The fourth-order valence-corrected chi connectivity index (χ4v) is 3.44. The average Bonchev–Trinajstić information content (AvgIpc) is 3.17. The van der Waals surface area contributed by atoms with E-state index in [-0.39, 0.29) is 0 Å². The van der Waals surface area contributed by atoms with Crippen LogP contribution >= 0.6 is 0 Å². The summed E-state index contributed by atoms with van der Waals surface area (Å²) < 4.78 is 7.82. The van der Waals surface area contributed by atoms with Crippen molar-refractivity contribution in [1.29, 1.82) is 0 Å². The lowest BCUT2D eigenvalue weighted by atomic mass is 10.2. The zero-order valence-corrected chi connectivity index (χ0v) is 13.1. The molecule has 2 fully saturated rings. The van der Waals surface area contributed by atoms with E-state index in [1.165, 1.54) is 31.4 Å². The number of hydrogen-bond donors (Lipinski definition) is 1. The minimum Gasteiger partial charge on any atom is -0.378 e. The van der Waals surface area contributed by atoms with Crippen molar-refractivity contribution in [2.24, 2.45) is 0 Å². The van der Waals surface area contributed by atoms with Gasteiger partial charge in [-0.3, -0.25) is 9.58 Å². The number of ether oxygens (including phenoxy) is 1. The van der Waals surface area contributed by atoms with Crippen molar-refractivity contribution < 1.29 is 4.74 Å². The average molecular weight is 292 g/mol. The molecule has 1 unspecified atom stereocenters. The van der Waals surface area contributed by atoms with E-state index in [1.807, 2.05) is 0 Å². The van der Waals surface area contributed by atoms with E-state index in [4.69, 9.17) is 9.84 Å². The molecule has 1 aliphatic heterocycles. The molecule has 1 aromatic heterocycles. The Kier molecular flexibility index (Phi) is 5.27. The van der Waals surface area contributed by atoms with E-state index in [0.29, 0.717) is 12.1 Å². The van der Waals surface area contributed by atoms with Crippen LogP contribution in [0, 0.1) is 0 Å². The summed E-state index contributed by atoms with van der Waals surface area (Å²) in [6, 6.07) is 3.30. The van der Waals surface area contributed by atoms with Gasteiger partial charge in [0.15, 0.2) is 0 Å². The summed E-state index contributed by atoms with van der Waals surface area (Å²) in [5.41, 5.74) is 1.20. The van der Waals surface area contributed by atoms with Crippen LogP contribution in [0.25, 0.3) is 0 Å². The van der Waals surface area contributed by atoms with E-state index in [9.17, 15) is 0 Å². The molecule has 1 aromatic rings.